The molecule has 100 valence electrons. The summed E-state index contributed by atoms with van der Waals surface area (Å²) in [5.74, 6) is 0.327. The number of hydrogen-bond donors (Lipinski definition) is 2. The molecule has 0 aliphatic carbocycles. The minimum atomic E-state index is 0.245. The molecule has 0 radical (unpaired) electrons. The first kappa shape index (κ1) is 13.3. The fourth-order valence-corrected chi connectivity index (χ4v) is 2.53. The van der Waals surface area contributed by atoms with Gasteiger partial charge in [-0.25, -0.2) is 0 Å². The fourth-order valence-electron chi connectivity index (χ4n) is 2.53. The van der Waals surface area contributed by atoms with Crippen LogP contribution < -0.4 is 0 Å². The van der Waals surface area contributed by atoms with Crippen LogP contribution in [-0.2, 0) is 6.54 Å². The molecular weight excluding hydrogens is 228 g/mol. The summed E-state index contributed by atoms with van der Waals surface area (Å²) in [6.07, 6.45) is 0.826. The normalized spacial score (nSPS) is 22.2. The molecular formula is C14H22N2O2. The molecule has 1 aromatic carbocycles. The van der Waals surface area contributed by atoms with E-state index in [1.807, 2.05) is 18.2 Å². The van der Waals surface area contributed by atoms with Gasteiger partial charge in [0.1, 0.15) is 5.75 Å². The molecule has 1 aromatic rings. The molecule has 0 saturated carbocycles. The third-order valence-electron chi connectivity index (χ3n) is 3.64. The van der Waals surface area contributed by atoms with Crippen LogP contribution in [0.3, 0.4) is 0 Å². The zero-order valence-corrected chi connectivity index (χ0v) is 10.9. The number of aliphatic hydroxyl groups excluding tert-OH is 1. The highest BCUT2D eigenvalue weighted by atomic mass is 16.3. The van der Waals surface area contributed by atoms with Gasteiger partial charge in [-0.2, -0.15) is 0 Å². The average Bonchev–Trinajstić information content (AvgIpc) is 2.34. The Kier molecular flexibility index (Phi) is 4.58. The molecule has 4 nitrogen and oxygen atoms in total. The molecule has 1 atom stereocenters. The van der Waals surface area contributed by atoms with Crippen LogP contribution in [0, 0.1) is 0 Å². The van der Waals surface area contributed by atoms with E-state index in [1.54, 1.807) is 6.07 Å². The lowest BCUT2D eigenvalue weighted by Crippen LogP contribution is -2.51. The summed E-state index contributed by atoms with van der Waals surface area (Å²) in [6, 6.07) is 7.87. The molecule has 0 aromatic heterocycles. The van der Waals surface area contributed by atoms with E-state index in [0.29, 0.717) is 11.8 Å². The molecule has 4 heteroatoms. The Morgan fingerprint density at radius 1 is 1.33 bits per heavy atom. The number of rotatable bonds is 4. The summed E-state index contributed by atoms with van der Waals surface area (Å²) in [6.45, 7) is 4.16. The molecule has 1 fully saturated rings. The molecule has 1 aliphatic rings. The Morgan fingerprint density at radius 2 is 2.17 bits per heavy atom. The zero-order chi connectivity index (χ0) is 13.0. The van der Waals surface area contributed by atoms with Crippen molar-refractivity contribution in [2.24, 2.45) is 0 Å². The van der Waals surface area contributed by atoms with Crippen molar-refractivity contribution in [3.63, 3.8) is 0 Å². The van der Waals surface area contributed by atoms with Gasteiger partial charge in [0.25, 0.3) is 0 Å². The van der Waals surface area contributed by atoms with Crippen LogP contribution >= 0.6 is 0 Å². The summed E-state index contributed by atoms with van der Waals surface area (Å²) in [4.78, 5) is 4.70. The largest absolute Gasteiger partial charge is 0.508 e. The summed E-state index contributed by atoms with van der Waals surface area (Å²) >= 11 is 0. The third-order valence-corrected chi connectivity index (χ3v) is 3.64. The number of piperazine rings is 1. The van der Waals surface area contributed by atoms with E-state index < -0.39 is 0 Å². The van der Waals surface area contributed by atoms with Crippen molar-refractivity contribution in [3.8, 4) is 5.75 Å². The Morgan fingerprint density at radius 3 is 2.89 bits per heavy atom. The van der Waals surface area contributed by atoms with E-state index in [1.165, 1.54) is 0 Å². The topological polar surface area (TPSA) is 46.9 Å². The van der Waals surface area contributed by atoms with Crippen molar-refractivity contribution in [2.45, 2.75) is 19.0 Å². The highest BCUT2D eigenvalue weighted by Crippen LogP contribution is 2.16. The number of hydrogen-bond acceptors (Lipinski definition) is 4. The van der Waals surface area contributed by atoms with Gasteiger partial charge >= 0.3 is 0 Å². The van der Waals surface area contributed by atoms with E-state index in [0.717, 1.165) is 38.2 Å². The molecule has 1 aliphatic heterocycles. The highest BCUT2D eigenvalue weighted by molar-refractivity contribution is 5.27. The maximum absolute atomic E-state index is 9.46. The van der Waals surface area contributed by atoms with Crippen molar-refractivity contribution in [3.05, 3.63) is 29.8 Å². The first-order chi connectivity index (χ1) is 8.69. The second-order valence-electron chi connectivity index (χ2n) is 5.05. The van der Waals surface area contributed by atoms with Gasteiger partial charge in [0.15, 0.2) is 0 Å². The minimum Gasteiger partial charge on any atom is -0.508 e. The molecule has 2 rings (SSSR count). The van der Waals surface area contributed by atoms with Gasteiger partial charge in [0.2, 0.25) is 0 Å². The van der Waals surface area contributed by atoms with Crippen LogP contribution in [0.4, 0.5) is 0 Å². The van der Waals surface area contributed by atoms with Crippen molar-refractivity contribution in [1.82, 2.24) is 9.80 Å². The lowest BCUT2D eigenvalue weighted by molar-refractivity contribution is 0.0743. The maximum atomic E-state index is 9.46. The molecule has 0 spiro atoms. The van der Waals surface area contributed by atoms with Crippen molar-refractivity contribution in [1.29, 1.82) is 0 Å². The first-order valence-electron chi connectivity index (χ1n) is 6.50. The zero-order valence-electron chi connectivity index (χ0n) is 10.9. The summed E-state index contributed by atoms with van der Waals surface area (Å²) in [5.41, 5.74) is 1.14. The van der Waals surface area contributed by atoms with Crippen LogP contribution in [0.5, 0.6) is 5.75 Å². The van der Waals surface area contributed by atoms with Crippen LogP contribution in [-0.4, -0.2) is 59.3 Å². The van der Waals surface area contributed by atoms with Crippen LogP contribution in [0.25, 0.3) is 0 Å². The van der Waals surface area contributed by atoms with Gasteiger partial charge in [-0.15, -0.1) is 0 Å². The predicted molar refractivity (Wildman–Crippen MR) is 71.5 cm³/mol. The number of benzene rings is 1. The number of aromatic hydroxyl groups is 1. The Hall–Kier alpha value is -1.10. The van der Waals surface area contributed by atoms with E-state index in [2.05, 4.69) is 16.8 Å². The maximum Gasteiger partial charge on any atom is 0.115 e. The van der Waals surface area contributed by atoms with Gasteiger partial charge in [-0.1, -0.05) is 12.1 Å². The Balaban J connectivity index is 1.94. The molecule has 1 heterocycles. The number of aliphatic hydroxyl groups is 1. The Bertz CT molecular complexity index is 384. The quantitative estimate of drug-likeness (QED) is 0.833. The summed E-state index contributed by atoms with van der Waals surface area (Å²) in [5, 5.41) is 18.5. The number of likely N-dealkylation sites (N-methyl/N-ethyl adjacent to an activating group) is 1. The van der Waals surface area contributed by atoms with E-state index >= 15 is 0 Å². The Labute approximate surface area is 108 Å². The van der Waals surface area contributed by atoms with Crippen molar-refractivity contribution >= 4 is 0 Å². The van der Waals surface area contributed by atoms with Gasteiger partial charge in [0.05, 0.1) is 0 Å². The van der Waals surface area contributed by atoms with E-state index in [-0.39, 0.29) is 6.61 Å². The first-order valence-corrected chi connectivity index (χ1v) is 6.50. The lowest BCUT2D eigenvalue weighted by atomic mass is 10.1. The number of phenolic OH excluding ortho intramolecular Hbond substituents is 1. The minimum absolute atomic E-state index is 0.245. The molecule has 18 heavy (non-hydrogen) atoms. The van der Waals surface area contributed by atoms with Gasteiger partial charge in [0, 0.05) is 38.8 Å². The van der Waals surface area contributed by atoms with Crippen LogP contribution in [0.15, 0.2) is 24.3 Å². The van der Waals surface area contributed by atoms with E-state index in [9.17, 15) is 5.11 Å². The highest BCUT2D eigenvalue weighted by Gasteiger charge is 2.23. The molecule has 2 N–H and O–H groups in total. The fraction of sp³-hybridized carbons (Fsp3) is 0.571. The number of nitrogens with zero attached hydrogens (tertiary/aromatic N) is 2. The lowest BCUT2D eigenvalue weighted by Gasteiger charge is -2.39. The average molecular weight is 250 g/mol. The van der Waals surface area contributed by atoms with Crippen molar-refractivity contribution in [2.75, 3.05) is 33.3 Å². The van der Waals surface area contributed by atoms with E-state index in [4.69, 9.17) is 5.11 Å². The predicted octanol–water partition coefficient (Wildman–Crippen LogP) is 0.891. The third kappa shape index (κ3) is 3.45. The van der Waals surface area contributed by atoms with Gasteiger partial charge in [-0.3, -0.25) is 4.90 Å². The second kappa shape index (κ2) is 6.18. The van der Waals surface area contributed by atoms with Gasteiger partial charge in [-0.05, 0) is 31.2 Å². The number of phenols is 1. The monoisotopic (exact) mass is 250 g/mol. The second-order valence-corrected chi connectivity index (χ2v) is 5.05. The summed E-state index contributed by atoms with van der Waals surface area (Å²) in [7, 11) is 2.12. The van der Waals surface area contributed by atoms with Crippen molar-refractivity contribution < 1.29 is 10.2 Å². The molecule has 0 amide bonds. The standard InChI is InChI=1S/C14H22N2O2/c1-15-6-7-16(11-13(15)5-8-17)10-12-3-2-4-14(18)9-12/h2-4,9,13,17-18H,5-8,10-11H2,1H3. The molecule has 1 saturated heterocycles. The SMILES string of the molecule is CN1CCN(Cc2cccc(O)c2)CC1CCO. The van der Waals surface area contributed by atoms with Crippen LogP contribution in [0.2, 0.25) is 0 Å². The smallest absolute Gasteiger partial charge is 0.115 e. The van der Waals surface area contributed by atoms with Crippen LogP contribution in [0.1, 0.15) is 12.0 Å². The molecule has 1 unspecified atom stereocenters. The summed E-state index contributed by atoms with van der Waals surface area (Å²) < 4.78 is 0. The van der Waals surface area contributed by atoms with Gasteiger partial charge < -0.3 is 15.1 Å². The molecule has 0 bridgehead atoms.